The fourth-order valence-electron chi connectivity index (χ4n) is 2.43. The van der Waals surface area contributed by atoms with E-state index in [-0.39, 0.29) is 11.7 Å². The van der Waals surface area contributed by atoms with Crippen molar-refractivity contribution in [2.45, 2.75) is 31.8 Å². The first kappa shape index (κ1) is 13.0. The van der Waals surface area contributed by atoms with Crippen LogP contribution in [0.3, 0.4) is 0 Å². The number of carbonyl (C=O) groups is 1. The second-order valence-electron chi connectivity index (χ2n) is 5.15. The number of nitrogens with one attached hydrogen (secondary N) is 1. The molecule has 2 rings (SSSR count). The first-order valence-electron chi connectivity index (χ1n) is 6.26. The number of likely N-dealkylation sites (N-methyl/N-ethyl adjacent to an activating group) is 1. The van der Waals surface area contributed by atoms with Gasteiger partial charge < -0.3 is 10.2 Å². The Morgan fingerprint density at radius 1 is 1.44 bits per heavy atom. The van der Waals surface area contributed by atoms with Crippen molar-refractivity contribution >= 4 is 5.91 Å². The maximum absolute atomic E-state index is 12.8. The van der Waals surface area contributed by atoms with Crippen molar-refractivity contribution in [3.63, 3.8) is 0 Å². The predicted molar refractivity (Wildman–Crippen MR) is 68.5 cm³/mol. The molecule has 3 nitrogen and oxygen atoms in total. The molecule has 1 N–H and O–H groups in total. The van der Waals surface area contributed by atoms with E-state index in [1.165, 1.54) is 12.1 Å². The predicted octanol–water partition coefficient (Wildman–Crippen LogP) is 1.93. The van der Waals surface area contributed by atoms with Crippen molar-refractivity contribution in [1.82, 2.24) is 10.2 Å². The van der Waals surface area contributed by atoms with Crippen LogP contribution in [0.15, 0.2) is 24.3 Å². The molecule has 1 amide bonds. The molecular formula is C14H19FN2O. The lowest BCUT2D eigenvalue weighted by molar-refractivity contribution is -0.136. The van der Waals surface area contributed by atoms with Crippen LogP contribution in [-0.4, -0.2) is 29.9 Å². The molecule has 0 aliphatic carbocycles. The van der Waals surface area contributed by atoms with E-state index in [4.69, 9.17) is 0 Å². The van der Waals surface area contributed by atoms with Gasteiger partial charge in [0, 0.05) is 13.6 Å². The van der Waals surface area contributed by atoms with E-state index in [2.05, 4.69) is 5.32 Å². The summed E-state index contributed by atoms with van der Waals surface area (Å²) in [6.45, 7) is 3.35. The lowest BCUT2D eigenvalue weighted by atomic mass is 9.98. The van der Waals surface area contributed by atoms with Gasteiger partial charge in [-0.2, -0.15) is 0 Å². The number of carbonyl (C=O) groups excluding carboxylic acids is 1. The topological polar surface area (TPSA) is 32.3 Å². The molecule has 18 heavy (non-hydrogen) atoms. The fraction of sp³-hybridized carbons (Fsp3) is 0.500. The van der Waals surface area contributed by atoms with Gasteiger partial charge in [-0.25, -0.2) is 4.39 Å². The molecule has 1 heterocycles. The molecule has 1 aliphatic heterocycles. The molecule has 0 radical (unpaired) electrons. The highest BCUT2D eigenvalue weighted by Gasteiger charge is 2.37. The average molecular weight is 250 g/mol. The molecule has 1 unspecified atom stereocenters. The summed E-state index contributed by atoms with van der Waals surface area (Å²) in [6, 6.07) is 6.26. The maximum Gasteiger partial charge on any atom is 0.242 e. The second-order valence-corrected chi connectivity index (χ2v) is 5.15. The van der Waals surface area contributed by atoms with Crippen molar-refractivity contribution in [1.29, 1.82) is 0 Å². The van der Waals surface area contributed by atoms with Crippen LogP contribution in [0.4, 0.5) is 4.39 Å². The Balaban J connectivity index is 2.01. The number of benzene rings is 1. The minimum atomic E-state index is -0.436. The third kappa shape index (κ3) is 2.70. The van der Waals surface area contributed by atoms with Crippen LogP contribution in [0.1, 0.15) is 25.3 Å². The third-order valence-corrected chi connectivity index (χ3v) is 3.52. The normalized spacial score (nSPS) is 23.1. The molecule has 0 bridgehead atoms. The monoisotopic (exact) mass is 250 g/mol. The maximum atomic E-state index is 12.8. The van der Waals surface area contributed by atoms with E-state index in [0.717, 1.165) is 24.9 Å². The van der Waals surface area contributed by atoms with Gasteiger partial charge in [0.05, 0.1) is 5.54 Å². The largest absolute Gasteiger partial charge is 0.340 e. The Morgan fingerprint density at radius 3 is 2.67 bits per heavy atom. The van der Waals surface area contributed by atoms with Crippen LogP contribution in [0.5, 0.6) is 0 Å². The molecule has 1 aliphatic rings. The highest BCUT2D eigenvalue weighted by atomic mass is 19.1. The summed E-state index contributed by atoms with van der Waals surface area (Å²) < 4.78 is 12.8. The molecule has 1 aromatic rings. The number of halogens is 1. The molecule has 1 saturated heterocycles. The van der Waals surface area contributed by atoms with E-state index >= 15 is 0 Å². The second kappa shape index (κ2) is 5.06. The number of rotatable bonds is 3. The summed E-state index contributed by atoms with van der Waals surface area (Å²) in [5, 5.41) is 3.26. The van der Waals surface area contributed by atoms with Crippen molar-refractivity contribution in [3.05, 3.63) is 35.6 Å². The van der Waals surface area contributed by atoms with Gasteiger partial charge in [0.2, 0.25) is 5.91 Å². The molecule has 0 aromatic heterocycles. The zero-order valence-electron chi connectivity index (χ0n) is 10.9. The third-order valence-electron chi connectivity index (χ3n) is 3.52. The molecule has 1 fully saturated rings. The van der Waals surface area contributed by atoms with Crippen LogP contribution in [0, 0.1) is 5.82 Å². The van der Waals surface area contributed by atoms with E-state index in [1.807, 2.05) is 6.92 Å². The van der Waals surface area contributed by atoms with Gasteiger partial charge in [0.25, 0.3) is 0 Å². The number of amides is 1. The Labute approximate surface area is 107 Å². The minimum Gasteiger partial charge on any atom is -0.340 e. The average Bonchev–Trinajstić information content (AvgIpc) is 2.79. The summed E-state index contributed by atoms with van der Waals surface area (Å²) >= 11 is 0. The standard InChI is InChI=1S/C14H19FN2O/c1-14(8-3-9-16-14)13(18)17(2)10-11-4-6-12(15)7-5-11/h4-7,16H,3,8-10H2,1-2H3. The molecule has 98 valence electrons. The van der Waals surface area contributed by atoms with Crippen molar-refractivity contribution in [2.24, 2.45) is 0 Å². The SMILES string of the molecule is CN(Cc1ccc(F)cc1)C(=O)C1(C)CCCN1. The smallest absolute Gasteiger partial charge is 0.242 e. The van der Waals surface area contributed by atoms with Crippen LogP contribution in [0.2, 0.25) is 0 Å². The quantitative estimate of drug-likeness (QED) is 0.889. The van der Waals surface area contributed by atoms with E-state index in [9.17, 15) is 9.18 Å². The zero-order valence-corrected chi connectivity index (χ0v) is 10.9. The Bertz CT molecular complexity index is 424. The van der Waals surface area contributed by atoms with Gasteiger partial charge in [-0.3, -0.25) is 4.79 Å². The van der Waals surface area contributed by atoms with Gasteiger partial charge in [0.1, 0.15) is 5.82 Å². The number of hydrogen-bond donors (Lipinski definition) is 1. The van der Waals surface area contributed by atoms with Crippen LogP contribution < -0.4 is 5.32 Å². The van der Waals surface area contributed by atoms with Gasteiger partial charge in [-0.1, -0.05) is 12.1 Å². The highest BCUT2D eigenvalue weighted by molar-refractivity contribution is 5.86. The van der Waals surface area contributed by atoms with E-state index in [1.54, 1.807) is 24.1 Å². The molecule has 0 saturated carbocycles. The first-order valence-corrected chi connectivity index (χ1v) is 6.26. The van der Waals surface area contributed by atoms with E-state index in [0.29, 0.717) is 6.54 Å². The minimum absolute atomic E-state index is 0.101. The summed E-state index contributed by atoms with van der Waals surface area (Å²) in [5.74, 6) is -0.151. The highest BCUT2D eigenvalue weighted by Crippen LogP contribution is 2.21. The van der Waals surface area contributed by atoms with E-state index < -0.39 is 5.54 Å². The Kier molecular flexibility index (Phi) is 3.66. The molecule has 1 atom stereocenters. The zero-order chi connectivity index (χ0) is 13.2. The summed E-state index contributed by atoms with van der Waals surface area (Å²) in [7, 11) is 1.79. The Morgan fingerprint density at radius 2 is 2.11 bits per heavy atom. The van der Waals surface area contributed by atoms with Gasteiger partial charge >= 0.3 is 0 Å². The molecule has 4 heteroatoms. The van der Waals surface area contributed by atoms with Crippen LogP contribution in [0.25, 0.3) is 0 Å². The summed E-state index contributed by atoms with van der Waals surface area (Å²) in [5.41, 5.74) is 0.503. The molecule has 0 spiro atoms. The summed E-state index contributed by atoms with van der Waals surface area (Å²) in [6.07, 6.45) is 1.91. The lowest BCUT2D eigenvalue weighted by Crippen LogP contribution is -2.51. The van der Waals surface area contributed by atoms with Gasteiger partial charge in [-0.05, 0) is 44.0 Å². The van der Waals surface area contributed by atoms with Gasteiger partial charge in [-0.15, -0.1) is 0 Å². The summed E-state index contributed by atoms with van der Waals surface area (Å²) in [4.78, 5) is 14.0. The fourth-order valence-corrected chi connectivity index (χ4v) is 2.43. The first-order chi connectivity index (χ1) is 8.51. The van der Waals surface area contributed by atoms with Crippen LogP contribution >= 0.6 is 0 Å². The van der Waals surface area contributed by atoms with Crippen molar-refractivity contribution in [3.8, 4) is 0 Å². The Hall–Kier alpha value is -1.42. The van der Waals surface area contributed by atoms with Gasteiger partial charge in [0.15, 0.2) is 0 Å². The van der Waals surface area contributed by atoms with Crippen LogP contribution in [-0.2, 0) is 11.3 Å². The van der Waals surface area contributed by atoms with Crippen molar-refractivity contribution < 1.29 is 9.18 Å². The lowest BCUT2D eigenvalue weighted by Gasteiger charge is -2.29. The number of hydrogen-bond acceptors (Lipinski definition) is 2. The number of nitrogens with zero attached hydrogens (tertiary/aromatic N) is 1. The molecular weight excluding hydrogens is 231 g/mol. The van der Waals surface area contributed by atoms with Crippen molar-refractivity contribution in [2.75, 3.05) is 13.6 Å². The molecule has 1 aromatic carbocycles.